The summed E-state index contributed by atoms with van der Waals surface area (Å²) < 4.78 is 5.95. The zero-order valence-corrected chi connectivity index (χ0v) is 13.4. The van der Waals surface area contributed by atoms with Crippen LogP contribution in [0.25, 0.3) is 21.7 Å². The molecule has 0 aliphatic heterocycles. The van der Waals surface area contributed by atoms with Gasteiger partial charge in [0.25, 0.3) is 0 Å². The number of aliphatic imine (C=N–C) groups is 1. The molecule has 0 amide bonds. The topological polar surface area (TPSA) is 49.4 Å². The summed E-state index contributed by atoms with van der Waals surface area (Å²) in [6.07, 6.45) is 1.01. The van der Waals surface area contributed by atoms with Crippen molar-refractivity contribution in [2.45, 2.75) is 0 Å². The van der Waals surface area contributed by atoms with Crippen molar-refractivity contribution in [3.63, 3.8) is 0 Å². The van der Waals surface area contributed by atoms with Gasteiger partial charge in [0.05, 0.1) is 5.02 Å². The van der Waals surface area contributed by atoms with Gasteiger partial charge in [0.2, 0.25) is 0 Å². The average molecular weight is 333 g/mol. The summed E-state index contributed by atoms with van der Waals surface area (Å²) in [7, 11) is 0. The quantitative estimate of drug-likeness (QED) is 0.380. The molecule has 4 rings (SSSR count). The molecule has 1 N–H and O–H groups in total. The van der Waals surface area contributed by atoms with Crippen molar-refractivity contribution in [2.24, 2.45) is 4.99 Å². The van der Waals surface area contributed by atoms with Crippen LogP contribution in [0, 0.1) is 5.41 Å². The third kappa shape index (κ3) is 2.30. The predicted molar refractivity (Wildman–Crippen MR) is 99.6 cm³/mol. The standard InChI is InChI=1S/C20H13ClN2O/c21-18-16-9-3-4-11-17(16)24-20(18)19(23-12-22)15-10-5-7-13-6-1-2-8-14(13)15/h1-12,22H. The molecule has 4 heteroatoms. The Morgan fingerprint density at radius 1 is 0.917 bits per heavy atom. The van der Waals surface area contributed by atoms with Crippen LogP contribution < -0.4 is 0 Å². The molecule has 0 saturated carbocycles. The molecular weight excluding hydrogens is 320 g/mol. The molecule has 0 spiro atoms. The Labute approximate surface area is 143 Å². The summed E-state index contributed by atoms with van der Waals surface area (Å²) in [6, 6.07) is 21.6. The monoisotopic (exact) mass is 332 g/mol. The zero-order valence-electron chi connectivity index (χ0n) is 12.7. The number of nitrogens with zero attached hydrogens (tertiary/aromatic N) is 1. The molecule has 24 heavy (non-hydrogen) atoms. The van der Waals surface area contributed by atoms with Crippen LogP contribution in [0.2, 0.25) is 5.02 Å². The first-order valence-corrected chi connectivity index (χ1v) is 7.89. The molecule has 0 fully saturated rings. The fourth-order valence-electron chi connectivity index (χ4n) is 2.91. The van der Waals surface area contributed by atoms with E-state index in [2.05, 4.69) is 4.99 Å². The summed E-state index contributed by atoms with van der Waals surface area (Å²) in [6.45, 7) is 0. The van der Waals surface area contributed by atoms with Crippen molar-refractivity contribution >= 4 is 45.4 Å². The van der Waals surface area contributed by atoms with Gasteiger partial charge in [-0.05, 0) is 22.9 Å². The van der Waals surface area contributed by atoms with Gasteiger partial charge in [0, 0.05) is 10.9 Å². The minimum absolute atomic E-state index is 0.484. The molecule has 1 aromatic heterocycles. The van der Waals surface area contributed by atoms with E-state index in [-0.39, 0.29) is 0 Å². The lowest BCUT2D eigenvalue weighted by Gasteiger charge is -2.08. The number of hydrogen-bond acceptors (Lipinski definition) is 2. The minimum atomic E-state index is 0.484. The molecule has 0 aliphatic rings. The van der Waals surface area contributed by atoms with Crippen molar-refractivity contribution in [3.05, 3.63) is 83.1 Å². The highest BCUT2D eigenvalue weighted by Gasteiger charge is 2.20. The second-order valence-electron chi connectivity index (χ2n) is 5.37. The lowest BCUT2D eigenvalue weighted by molar-refractivity contribution is 0.605. The molecule has 0 unspecified atom stereocenters. The molecule has 3 aromatic carbocycles. The van der Waals surface area contributed by atoms with Gasteiger partial charge in [0.1, 0.15) is 17.6 Å². The number of benzene rings is 3. The third-order valence-electron chi connectivity index (χ3n) is 3.99. The number of rotatable bonds is 3. The van der Waals surface area contributed by atoms with E-state index >= 15 is 0 Å². The second-order valence-corrected chi connectivity index (χ2v) is 5.75. The van der Waals surface area contributed by atoms with E-state index in [4.69, 9.17) is 21.4 Å². The van der Waals surface area contributed by atoms with E-state index in [1.165, 1.54) is 0 Å². The van der Waals surface area contributed by atoms with E-state index in [0.717, 1.165) is 28.1 Å². The van der Waals surface area contributed by atoms with Crippen LogP contribution in [0.15, 0.2) is 76.1 Å². The van der Waals surface area contributed by atoms with Crippen molar-refractivity contribution in [3.8, 4) is 0 Å². The van der Waals surface area contributed by atoms with Gasteiger partial charge in [-0.3, -0.25) is 5.41 Å². The van der Waals surface area contributed by atoms with E-state index in [1.54, 1.807) is 0 Å². The minimum Gasteiger partial charge on any atom is -0.453 e. The highest BCUT2D eigenvalue weighted by molar-refractivity contribution is 6.40. The van der Waals surface area contributed by atoms with Crippen LogP contribution in [-0.2, 0) is 0 Å². The van der Waals surface area contributed by atoms with Gasteiger partial charge in [-0.1, -0.05) is 66.2 Å². The van der Waals surface area contributed by atoms with Crippen molar-refractivity contribution in [1.29, 1.82) is 5.41 Å². The first kappa shape index (κ1) is 14.7. The summed E-state index contributed by atoms with van der Waals surface area (Å²) in [4.78, 5) is 4.25. The van der Waals surface area contributed by atoms with Crippen LogP contribution >= 0.6 is 11.6 Å². The van der Waals surface area contributed by atoms with Gasteiger partial charge in [-0.15, -0.1) is 0 Å². The maximum Gasteiger partial charge on any atom is 0.173 e. The van der Waals surface area contributed by atoms with Crippen molar-refractivity contribution in [2.75, 3.05) is 0 Å². The summed E-state index contributed by atoms with van der Waals surface area (Å²) in [5.74, 6) is 0.484. The van der Waals surface area contributed by atoms with E-state index < -0.39 is 0 Å². The molecular formula is C20H13ClN2O. The van der Waals surface area contributed by atoms with E-state index in [0.29, 0.717) is 22.1 Å². The van der Waals surface area contributed by atoms with E-state index in [9.17, 15) is 0 Å². The number of furan rings is 1. The Bertz CT molecular complexity index is 1090. The molecule has 3 nitrogen and oxygen atoms in total. The molecule has 0 saturated heterocycles. The van der Waals surface area contributed by atoms with Crippen molar-refractivity contribution in [1.82, 2.24) is 0 Å². The van der Waals surface area contributed by atoms with Crippen LogP contribution in [0.4, 0.5) is 0 Å². The van der Waals surface area contributed by atoms with Gasteiger partial charge >= 0.3 is 0 Å². The SMILES string of the molecule is N=CN=C(c1oc2ccccc2c1Cl)c1cccc2ccccc12. The maximum absolute atomic E-state index is 7.45. The molecule has 0 aliphatic carbocycles. The molecule has 4 aromatic rings. The Balaban J connectivity index is 2.02. The molecule has 0 radical (unpaired) electrons. The lowest BCUT2D eigenvalue weighted by atomic mass is 9.99. The highest BCUT2D eigenvalue weighted by Crippen LogP contribution is 2.33. The first-order valence-electron chi connectivity index (χ1n) is 7.52. The molecule has 0 atom stereocenters. The Morgan fingerprint density at radius 2 is 1.62 bits per heavy atom. The smallest absolute Gasteiger partial charge is 0.173 e. The fourth-order valence-corrected chi connectivity index (χ4v) is 3.20. The zero-order chi connectivity index (χ0) is 16.5. The van der Waals surface area contributed by atoms with Gasteiger partial charge in [0.15, 0.2) is 5.76 Å². The van der Waals surface area contributed by atoms with Crippen LogP contribution in [-0.4, -0.2) is 12.1 Å². The summed E-state index contributed by atoms with van der Waals surface area (Å²) in [5.41, 5.74) is 2.15. The molecule has 1 heterocycles. The number of halogens is 1. The van der Waals surface area contributed by atoms with Crippen LogP contribution in [0.5, 0.6) is 0 Å². The summed E-state index contributed by atoms with van der Waals surface area (Å²) >= 11 is 6.54. The van der Waals surface area contributed by atoms with Crippen LogP contribution in [0.3, 0.4) is 0 Å². The number of fused-ring (bicyclic) bond motifs is 2. The predicted octanol–water partition coefficient (Wildman–Crippen LogP) is 5.68. The first-order chi connectivity index (χ1) is 11.8. The largest absolute Gasteiger partial charge is 0.453 e. The van der Waals surface area contributed by atoms with E-state index in [1.807, 2.05) is 66.7 Å². The molecule has 0 bridgehead atoms. The maximum atomic E-state index is 7.45. The van der Waals surface area contributed by atoms with Gasteiger partial charge in [-0.2, -0.15) is 0 Å². The van der Waals surface area contributed by atoms with Gasteiger partial charge in [-0.25, -0.2) is 4.99 Å². The average Bonchev–Trinajstić information content (AvgIpc) is 2.96. The van der Waals surface area contributed by atoms with Gasteiger partial charge < -0.3 is 4.42 Å². The molecule has 116 valence electrons. The third-order valence-corrected chi connectivity index (χ3v) is 4.36. The Morgan fingerprint density at radius 3 is 2.42 bits per heavy atom. The number of para-hydroxylation sites is 1. The summed E-state index contributed by atoms with van der Waals surface area (Å²) in [5, 5.41) is 10.9. The Kier molecular flexibility index (Phi) is 3.63. The fraction of sp³-hybridized carbons (Fsp3) is 0. The van der Waals surface area contributed by atoms with Crippen molar-refractivity contribution < 1.29 is 4.42 Å². The lowest BCUT2D eigenvalue weighted by Crippen LogP contribution is -2.04. The number of nitrogens with one attached hydrogen (secondary N) is 1. The van der Waals surface area contributed by atoms with Crippen LogP contribution in [0.1, 0.15) is 11.3 Å². The highest BCUT2D eigenvalue weighted by atomic mass is 35.5. The normalized spacial score (nSPS) is 12.0. The Hall–Kier alpha value is -2.91. The second kappa shape index (κ2) is 5.95. The number of hydrogen-bond donors (Lipinski definition) is 1.